The van der Waals surface area contributed by atoms with E-state index < -0.39 is 0 Å². The van der Waals surface area contributed by atoms with Crippen LogP contribution in [0.2, 0.25) is 0 Å². The third kappa shape index (κ3) is 5.62. The molecule has 0 aliphatic heterocycles. The standard InChI is InChI=1S/C13H20BrN3O/c1-17(9-5-4-8-13(18)16-15)10-11-6-2-3-7-12(11)14/h2-3,6-7H,4-5,8-10,15H2,1H3,(H,16,18). The van der Waals surface area contributed by atoms with Gasteiger partial charge in [-0.05, 0) is 38.1 Å². The Balaban J connectivity index is 2.24. The first-order valence-electron chi connectivity index (χ1n) is 6.05. The summed E-state index contributed by atoms with van der Waals surface area (Å²) in [5, 5.41) is 0. The van der Waals surface area contributed by atoms with E-state index in [4.69, 9.17) is 5.84 Å². The number of hydrogen-bond donors (Lipinski definition) is 2. The Morgan fingerprint density at radius 2 is 2.11 bits per heavy atom. The highest BCUT2D eigenvalue weighted by Gasteiger charge is 2.04. The molecule has 0 fully saturated rings. The van der Waals surface area contributed by atoms with E-state index in [0.717, 1.165) is 30.4 Å². The van der Waals surface area contributed by atoms with E-state index in [9.17, 15) is 4.79 Å². The van der Waals surface area contributed by atoms with Crippen molar-refractivity contribution in [3.63, 3.8) is 0 Å². The normalized spacial score (nSPS) is 10.7. The third-order valence-electron chi connectivity index (χ3n) is 2.75. The van der Waals surface area contributed by atoms with Crippen LogP contribution in [0.25, 0.3) is 0 Å². The van der Waals surface area contributed by atoms with E-state index in [-0.39, 0.29) is 5.91 Å². The second-order valence-electron chi connectivity index (χ2n) is 4.35. The highest BCUT2D eigenvalue weighted by molar-refractivity contribution is 9.10. The highest BCUT2D eigenvalue weighted by atomic mass is 79.9. The lowest BCUT2D eigenvalue weighted by Crippen LogP contribution is -2.29. The molecule has 1 rings (SSSR count). The molecule has 0 saturated heterocycles. The van der Waals surface area contributed by atoms with Gasteiger partial charge in [-0.3, -0.25) is 10.2 Å². The van der Waals surface area contributed by atoms with Crippen LogP contribution in [0.5, 0.6) is 0 Å². The minimum atomic E-state index is -0.0940. The Kier molecular flexibility index (Phi) is 6.93. The summed E-state index contributed by atoms with van der Waals surface area (Å²) in [6.07, 6.45) is 2.36. The van der Waals surface area contributed by atoms with Gasteiger partial charge in [-0.2, -0.15) is 0 Å². The average Bonchev–Trinajstić information content (AvgIpc) is 2.37. The van der Waals surface area contributed by atoms with Crippen LogP contribution < -0.4 is 11.3 Å². The van der Waals surface area contributed by atoms with Crippen molar-refractivity contribution < 1.29 is 4.79 Å². The second kappa shape index (κ2) is 8.24. The molecule has 0 atom stereocenters. The van der Waals surface area contributed by atoms with Crippen molar-refractivity contribution >= 4 is 21.8 Å². The number of hydrazine groups is 1. The maximum atomic E-state index is 10.9. The largest absolute Gasteiger partial charge is 0.302 e. The zero-order chi connectivity index (χ0) is 13.4. The summed E-state index contributed by atoms with van der Waals surface area (Å²) in [7, 11) is 2.09. The summed E-state index contributed by atoms with van der Waals surface area (Å²) < 4.78 is 1.14. The quantitative estimate of drug-likeness (QED) is 0.350. The average molecular weight is 314 g/mol. The van der Waals surface area contributed by atoms with Gasteiger partial charge in [-0.25, -0.2) is 5.84 Å². The fraction of sp³-hybridized carbons (Fsp3) is 0.462. The summed E-state index contributed by atoms with van der Waals surface area (Å²) >= 11 is 3.54. The van der Waals surface area contributed by atoms with E-state index >= 15 is 0 Å². The summed E-state index contributed by atoms with van der Waals surface area (Å²) in [6.45, 7) is 1.88. The molecule has 0 unspecified atom stereocenters. The molecule has 0 saturated carbocycles. The van der Waals surface area contributed by atoms with Gasteiger partial charge in [-0.1, -0.05) is 34.1 Å². The fourth-order valence-electron chi connectivity index (χ4n) is 1.74. The molecule has 18 heavy (non-hydrogen) atoms. The Labute approximate surface area is 117 Å². The number of benzene rings is 1. The third-order valence-corrected chi connectivity index (χ3v) is 3.53. The Bertz CT molecular complexity index is 384. The second-order valence-corrected chi connectivity index (χ2v) is 5.21. The van der Waals surface area contributed by atoms with Gasteiger partial charge < -0.3 is 4.90 Å². The molecule has 4 nitrogen and oxygen atoms in total. The molecule has 0 aromatic heterocycles. The molecule has 0 heterocycles. The van der Waals surface area contributed by atoms with Gasteiger partial charge in [0.25, 0.3) is 0 Å². The molecular formula is C13H20BrN3O. The van der Waals surface area contributed by atoms with Gasteiger partial charge in [0.1, 0.15) is 0 Å². The molecule has 0 radical (unpaired) electrons. The molecular weight excluding hydrogens is 294 g/mol. The molecule has 1 aromatic rings. The minimum Gasteiger partial charge on any atom is -0.302 e. The number of unbranched alkanes of at least 4 members (excludes halogenated alkanes) is 1. The summed E-state index contributed by atoms with van der Waals surface area (Å²) in [5.74, 6) is 4.92. The van der Waals surface area contributed by atoms with Crippen molar-refractivity contribution in [2.75, 3.05) is 13.6 Å². The maximum Gasteiger partial charge on any atom is 0.233 e. The number of nitrogens with zero attached hydrogens (tertiary/aromatic N) is 1. The molecule has 0 spiro atoms. The smallest absolute Gasteiger partial charge is 0.233 e. The summed E-state index contributed by atoms with van der Waals surface area (Å²) in [6, 6.07) is 8.22. The number of carbonyl (C=O) groups is 1. The van der Waals surface area contributed by atoms with Crippen molar-refractivity contribution in [2.24, 2.45) is 5.84 Å². The topological polar surface area (TPSA) is 58.4 Å². The Morgan fingerprint density at radius 3 is 2.78 bits per heavy atom. The van der Waals surface area contributed by atoms with Gasteiger partial charge in [0, 0.05) is 17.4 Å². The molecule has 0 aliphatic carbocycles. The van der Waals surface area contributed by atoms with Gasteiger partial charge in [0.05, 0.1) is 0 Å². The first kappa shape index (κ1) is 15.1. The van der Waals surface area contributed by atoms with Crippen LogP contribution in [0.1, 0.15) is 24.8 Å². The van der Waals surface area contributed by atoms with Crippen molar-refractivity contribution in [1.29, 1.82) is 0 Å². The van der Waals surface area contributed by atoms with Crippen LogP contribution in [0.15, 0.2) is 28.7 Å². The Hall–Kier alpha value is -0.910. The predicted molar refractivity (Wildman–Crippen MR) is 76.7 cm³/mol. The van der Waals surface area contributed by atoms with Crippen molar-refractivity contribution in [2.45, 2.75) is 25.8 Å². The van der Waals surface area contributed by atoms with Gasteiger partial charge in [-0.15, -0.1) is 0 Å². The number of rotatable bonds is 7. The number of nitrogens with two attached hydrogens (primary N) is 1. The van der Waals surface area contributed by atoms with Gasteiger partial charge >= 0.3 is 0 Å². The van der Waals surface area contributed by atoms with Crippen LogP contribution in [0.3, 0.4) is 0 Å². The van der Waals surface area contributed by atoms with E-state index in [1.54, 1.807) is 0 Å². The summed E-state index contributed by atoms with van der Waals surface area (Å²) in [4.78, 5) is 13.2. The molecule has 0 aliphatic rings. The van der Waals surface area contributed by atoms with E-state index in [2.05, 4.69) is 45.4 Å². The van der Waals surface area contributed by atoms with Crippen LogP contribution in [0.4, 0.5) is 0 Å². The monoisotopic (exact) mass is 313 g/mol. The van der Waals surface area contributed by atoms with E-state index in [1.807, 2.05) is 12.1 Å². The number of hydrogen-bond acceptors (Lipinski definition) is 3. The number of nitrogens with one attached hydrogen (secondary N) is 1. The first-order valence-corrected chi connectivity index (χ1v) is 6.84. The molecule has 100 valence electrons. The maximum absolute atomic E-state index is 10.9. The van der Waals surface area contributed by atoms with Crippen molar-refractivity contribution in [1.82, 2.24) is 10.3 Å². The predicted octanol–water partition coefficient (Wildman–Crippen LogP) is 2.04. The molecule has 3 N–H and O–H groups in total. The molecule has 5 heteroatoms. The zero-order valence-electron chi connectivity index (χ0n) is 10.7. The van der Waals surface area contributed by atoms with Crippen LogP contribution >= 0.6 is 15.9 Å². The molecule has 1 aromatic carbocycles. The molecule has 0 bridgehead atoms. The van der Waals surface area contributed by atoms with Crippen molar-refractivity contribution in [3.05, 3.63) is 34.3 Å². The van der Waals surface area contributed by atoms with Crippen LogP contribution in [-0.2, 0) is 11.3 Å². The number of carbonyl (C=O) groups excluding carboxylic acids is 1. The first-order chi connectivity index (χ1) is 8.63. The molecule has 1 amide bonds. The number of halogens is 1. The van der Waals surface area contributed by atoms with Gasteiger partial charge in [0.15, 0.2) is 0 Å². The van der Waals surface area contributed by atoms with Crippen molar-refractivity contribution in [3.8, 4) is 0 Å². The number of amides is 1. The lowest BCUT2D eigenvalue weighted by molar-refractivity contribution is -0.121. The SMILES string of the molecule is CN(CCCCC(=O)NN)Cc1ccccc1Br. The highest BCUT2D eigenvalue weighted by Crippen LogP contribution is 2.17. The van der Waals surface area contributed by atoms with Crippen LogP contribution in [0, 0.1) is 0 Å². The summed E-state index contributed by atoms with van der Waals surface area (Å²) in [5.41, 5.74) is 3.42. The zero-order valence-corrected chi connectivity index (χ0v) is 12.2. The lowest BCUT2D eigenvalue weighted by Gasteiger charge is -2.17. The van der Waals surface area contributed by atoms with E-state index in [0.29, 0.717) is 6.42 Å². The Morgan fingerprint density at radius 1 is 1.39 bits per heavy atom. The fourth-order valence-corrected chi connectivity index (χ4v) is 2.15. The van der Waals surface area contributed by atoms with Gasteiger partial charge in [0.2, 0.25) is 5.91 Å². The van der Waals surface area contributed by atoms with Crippen LogP contribution in [-0.4, -0.2) is 24.4 Å². The van der Waals surface area contributed by atoms with E-state index in [1.165, 1.54) is 5.56 Å². The minimum absolute atomic E-state index is 0.0940. The lowest BCUT2D eigenvalue weighted by atomic mass is 10.2.